The lowest BCUT2D eigenvalue weighted by Gasteiger charge is -2.13. The van der Waals surface area contributed by atoms with Crippen molar-refractivity contribution < 1.29 is 9.47 Å². The maximum absolute atomic E-state index is 9.72. The Morgan fingerprint density at radius 2 is 2.00 bits per heavy atom. The second-order valence-electron chi connectivity index (χ2n) is 6.32. The fraction of sp³-hybridized carbons (Fsp3) is 0.227. The van der Waals surface area contributed by atoms with Crippen LogP contribution in [0.25, 0.3) is 23.0 Å². The number of nitriles is 1. The lowest BCUT2D eigenvalue weighted by atomic mass is 10.1. The van der Waals surface area contributed by atoms with E-state index >= 15 is 0 Å². The van der Waals surface area contributed by atoms with Crippen molar-refractivity contribution in [1.29, 1.82) is 5.26 Å². The van der Waals surface area contributed by atoms with Gasteiger partial charge in [0.15, 0.2) is 23.1 Å². The highest BCUT2D eigenvalue weighted by Gasteiger charge is 2.16. The molecular formula is C22H21ClN4O2. The highest BCUT2D eigenvalue weighted by Crippen LogP contribution is 2.37. The van der Waals surface area contributed by atoms with Gasteiger partial charge >= 0.3 is 0 Å². The van der Waals surface area contributed by atoms with Crippen molar-refractivity contribution in [3.8, 4) is 29.0 Å². The summed E-state index contributed by atoms with van der Waals surface area (Å²) in [4.78, 5) is 0. The Bertz CT molecular complexity index is 1070. The van der Waals surface area contributed by atoms with Crippen LogP contribution in [0.1, 0.15) is 24.7 Å². The number of nitrogens with zero attached hydrogens (tertiary/aromatic N) is 4. The predicted molar refractivity (Wildman–Crippen MR) is 114 cm³/mol. The maximum atomic E-state index is 9.72. The van der Waals surface area contributed by atoms with Crippen LogP contribution in [0.2, 0.25) is 5.02 Å². The second-order valence-corrected chi connectivity index (χ2v) is 6.73. The van der Waals surface area contributed by atoms with Crippen molar-refractivity contribution >= 4 is 23.3 Å². The van der Waals surface area contributed by atoms with E-state index in [4.69, 9.17) is 21.1 Å². The first kappa shape index (κ1) is 20.4. The van der Waals surface area contributed by atoms with Crippen LogP contribution in [-0.2, 0) is 7.05 Å². The Balaban J connectivity index is 2.00. The number of aromatic nitrogens is 3. The molecule has 148 valence electrons. The van der Waals surface area contributed by atoms with E-state index in [1.54, 1.807) is 29.9 Å². The number of halogens is 1. The summed E-state index contributed by atoms with van der Waals surface area (Å²) in [6, 6.07) is 15.4. The normalized spacial score (nSPS) is 11.2. The smallest absolute Gasteiger partial charge is 0.179 e. The molecule has 2 aromatic carbocycles. The van der Waals surface area contributed by atoms with Crippen LogP contribution < -0.4 is 9.47 Å². The molecular weight excluding hydrogens is 388 g/mol. The molecule has 0 aliphatic rings. The third-order valence-electron chi connectivity index (χ3n) is 4.28. The Hall–Kier alpha value is -3.30. The first-order valence-electron chi connectivity index (χ1n) is 9.16. The summed E-state index contributed by atoms with van der Waals surface area (Å²) in [7, 11) is 3.38. The molecule has 29 heavy (non-hydrogen) atoms. The van der Waals surface area contributed by atoms with E-state index in [0.29, 0.717) is 45.9 Å². The van der Waals surface area contributed by atoms with E-state index in [2.05, 4.69) is 16.3 Å². The summed E-state index contributed by atoms with van der Waals surface area (Å²) < 4.78 is 12.9. The highest BCUT2D eigenvalue weighted by molar-refractivity contribution is 6.32. The third kappa shape index (κ3) is 4.41. The Morgan fingerprint density at radius 3 is 2.66 bits per heavy atom. The molecule has 3 aromatic rings. The zero-order valence-electron chi connectivity index (χ0n) is 16.5. The molecule has 3 rings (SSSR count). The minimum Gasteiger partial charge on any atom is -0.493 e. The third-order valence-corrected chi connectivity index (χ3v) is 4.56. The SMILES string of the molecule is CCCOc1c(Cl)cc(/C=C(\C#N)c2nnc(-c3ccccc3)n2C)cc1OC. The highest BCUT2D eigenvalue weighted by atomic mass is 35.5. The van der Waals surface area contributed by atoms with Crippen molar-refractivity contribution in [1.82, 2.24) is 14.8 Å². The van der Waals surface area contributed by atoms with Crippen molar-refractivity contribution in [3.05, 3.63) is 58.9 Å². The standard InChI is InChI=1S/C22H21ClN4O2/c1-4-10-29-20-18(23)12-15(13-19(20)28-3)11-17(14-24)22-26-25-21(27(22)2)16-8-6-5-7-9-16/h5-9,11-13H,4,10H2,1-3H3/b17-11+. The van der Waals surface area contributed by atoms with Gasteiger partial charge in [0.05, 0.1) is 24.3 Å². The summed E-state index contributed by atoms with van der Waals surface area (Å²) in [5.74, 6) is 2.16. The molecule has 7 heteroatoms. The second kappa shape index (κ2) is 9.26. The summed E-state index contributed by atoms with van der Waals surface area (Å²) in [5, 5.41) is 18.6. The molecule has 6 nitrogen and oxygen atoms in total. The summed E-state index contributed by atoms with van der Waals surface area (Å²) in [6.07, 6.45) is 2.56. The summed E-state index contributed by atoms with van der Waals surface area (Å²) in [6.45, 7) is 2.55. The van der Waals surface area contributed by atoms with Gasteiger partial charge in [0, 0.05) is 12.6 Å². The zero-order chi connectivity index (χ0) is 20.8. The van der Waals surface area contributed by atoms with Crippen LogP contribution in [0, 0.1) is 11.3 Å². The minimum atomic E-state index is 0.363. The molecule has 0 N–H and O–H groups in total. The molecule has 0 radical (unpaired) electrons. The number of ether oxygens (including phenoxy) is 2. The number of rotatable bonds is 7. The van der Waals surface area contributed by atoms with Crippen molar-refractivity contribution in [3.63, 3.8) is 0 Å². The zero-order valence-corrected chi connectivity index (χ0v) is 17.3. The molecule has 0 aliphatic carbocycles. The maximum Gasteiger partial charge on any atom is 0.179 e. The molecule has 0 aliphatic heterocycles. The Morgan fingerprint density at radius 1 is 1.24 bits per heavy atom. The van der Waals surface area contributed by atoms with Crippen molar-refractivity contribution in [2.45, 2.75) is 13.3 Å². The fourth-order valence-electron chi connectivity index (χ4n) is 2.88. The number of hydrogen-bond donors (Lipinski definition) is 0. The van der Waals surface area contributed by atoms with E-state index in [0.717, 1.165) is 12.0 Å². The topological polar surface area (TPSA) is 73.0 Å². The van der Waals surface area contributed by atoms with Gasteiger partial charge in [-0.15, -0.1) is 10.2 Å². The monoisotopic (exact) mass is 408 g/mol. The number of methoxy groups -OCH3 is 1. The van der Waals surface area contributed by atoms with Gasteiger partial charge in [-0.3, -0.25) is 0 Å². The van der Waals surface area contributed by atoms with Gasteiger partial charge < -0.3 is 14.0 Å². The van der Waals surface area contributed by atoms with E-state index in [1.807, 2.05) is 44.3 Å². The van der Waals surface area contributed by atoms with E-state index < -0.39 is 0 Å². The number of hydrogen-bond acceptors (Lipinski definition) is 5. The Labute approximate surface area is 175 Å². The summed E-state index contributed by atoms with van der Waals surface area (Å²) >= 11 is 6.39. The molecule has 0 amide bonds. The average molecular weight is 409 g/mol. The molecule has 0 bridgehead atoms. The van der Waals surface area contributed by atoms with Crippen LogP contribution in [-0.4, -0.2) is 28.5 Å². The van der Waals surface area contributed by atoms with Gasteiger partial charge in [0.25, 0.3) is 0 Å². The van der Waals surface area contributed by atoms with Crippen LogP contribution in [0.3, 0.4) is 0 Å². The van der Waals surface area contributed by atoms with Crippen LogP contribution in [0.4, 0.5) is 0 Å². The van der Waals surface area contributed by atoms with E-state index in [-0.39, 0.29) is 0 Å². The quantitative estimate of drug-likeness (QED) is 0.514. The first-order chi connectivity index (χ1) is 14.1. The van der Waals surface area contributed by atoms with Crippen molar-refractivity contribution in [2.24, 2.45) is 7.05 Å². The van der Waals surface area contributed by atoms with E-state index in [9.17, 15) is 5.26 Å². The first-order valence-corrected chi connectivity index (χ1v) is 9.54. The van der Waals surface area contributed by atoms with Crippen LogP contribution >= 0.6 is 11.6 Å². The van der Waals surface area contributed by atoms with Gasteiger partial charge in [0.1, 0.15) is 6.07 Å². The number of benzene rings is 2. The molecule has 0 saturated carbocycles. The van der Waals surface area contributed by atoms with Gasteiger partial charge in [-0.2, -0.15) is 5.26 Å². The summed E-state index contributed by atoms with van der Waals surface area (Å²) in [5.41, 5.74) is 1.99. The molecule has 0 unspecified atom stereocenters. The van der Waals surface area contributed by atoms with Crippen LogP contribution in [0.5, 0.6) is 11.5 Å². The molecule has 0 saturated heterocycles. The van der Waals surface area contributed by atoms with Gasteiger partial charge in [0.2, 0.25) is 0 Å². The molecule has 0 atom stereocenters. The predicted octanol–water partition coefficient (Wildman–Crippen LogP) is 5.00. The average Bonchev–Trinajstić information content (AvgIpc) is 3.12. The molecule has 1 aromatic heterocycles. The number of allylic oxidation sites excluding steroid dienone is 1. The lowest BCUT2D eigenvalue weighted by Crippen LogP contribution is -2.00. The molecule has 0 spiro atoms. The Kier molecular flexibility index (Phi) is 6.53. The fourth-order valence-corrected chi connectivity index (χ4v) is 3.16. The van der Waals surface area contributed by atoms with Crippen molar-refractivity contribution in [2.75, 3.05) is 13.7 Å². The largest absolute Gasteiger partial charge is 0.493 e. The van der Waals surface area contributed by atoms with E-state index in [1.165, 1.54) is 0 Å². The van der Waals surface area contributed by atoms with Gasteiger partial charge in [-0.05, 0) is 30.2 Å². The minimum absolute atomic E-state index is 0.363. The van der Waals surface area contributed by atoms with Crippen LogP contribution in [0.15, 0.2) is 42.5 Å². The van der Waals surface area contributed by atoms with Gasteiger partial charge in [-0.25, -0.2) is 0 Å². The lowest BCUT2D eigenvalue weighted by molar-refractivity contribution is 0.294. The van der Waals surface area contributed by atoms with Gasteiger partial charge in [-0.1, -0.05) is 48.9 Å². The molecule has 0 fully saturated rings. The molecule has 1 heterocycles.